The Kier molecular flexibility index (Phi) is 15.6. The Morgan fingerprint density at radius 1 is 1.04 bits per heavy atom. The topological polar surface area (TPSA) is 174 Å². The highest BCUT2D eigenvalue weighted by molar-refractivity contribution is 7.89. The third kappa shape index (κ3) is 11.4. The lowest BCUT2D eigenvalue weighted by Crippen LogP contribution is -2.64. The van der Waals surface area contributed by atoms with Gasteiger partial charge in [-0.15, -0.1) is 6.58 Å². The second-order valence-electron chi connectivity index (χ2n) is 16.1. The van der Waals surface area contributed by atoms with E-state index in [1.807, 2.05) is 41.5 Å². The molecule has 0 spiro atoms. The minimum absolute atomic E-state index is 0.0175. The van der Waals surface area contributed by atoms with Crippen LogP contribution < -0.4 is 21.3 Å². The predicted molar refractivity (Wildman–Crippen MR) is 205 cm³/mol. The second-order valence-corrected chi connectivity index (χ2v) is 18.1. The molecule has 13 nitrogen and oxygen atoms in total. The van der Waals surface area contributed by atoms with Crippen molar-refractivity contribution >= 4 is 39.6 Å². The van der Waals surface area contributed by atoms with Crippen molar-refractivity contribution < 1.29 is 32.4 Å². The van der Waals surface area contributed by atoms with Crippen LogP contribution in [0.15, 0.2) is 47.9 Å². The van der Waals surface area contributed by atoms with Crippen LogP contribution in [0.4, 0.5) is 4.79 Å². The lowest BCUT2D eigenvalue weighted by molar-refractivity contribution is -0.144. The molecule has 1 unspecified atom stereocenters. The molecule has 1 aromatic rings. The number of nitrogens with zero attached hydrogens (tertiary/aromatic N) is 2. The van der Waals surface area contributed by atoms with Crippen molar-refractivity contribution in [1.29, 1.82) is 0 Å². The van der Waals surface area contributed by atoms with Crippen molar-refractivity contribution in [2.24, 2.45) is 17.3 Å². The summed E-state index contributed by atoms with van der Waals surface area (Å²) in [5.74, 6) is -2.72. The largest absolute Gasteiger partial charge is 0.346 e. The van der Waals surface area contributed by atoms with Crippen LogP contribution in [0.5, 0.6) is 0 Å². The van der Waals surface area contributed by atoms with E-state index in [0.29, 0.717) is 25.7 Å². The van der Waals surface area contributed by atoms with Gasteiger partial charge in [0, 0.05) is 26.7 Å². The summed E-state index contributed by atoms with van der Waals surface area (Å²) in [6.07, 6.45) is 7.33. The third-order valence-corrected chi connectivity index (χ3v) is 12.3. The lowest BCUT2D eigenvalue weighted by Gasteiger charge is -2.42. The highest BCUT2D eigenvalue weighted by Gasteiger charge is 2.48. The van der Waals surface area contributed by atoms with Gasteiger partial charge in [-0.2, -0.15) is 4.31 Å². The predicted octanol–water partition coefficient (Wildman–Crippen LogP) is 4.14. The Balaban J connectivity index is 1.86. The van der Waals surface area contributed by atoms with Gasteiger partial charge in [0.25, 0.3) is 5.91 Å². The molecule has 4 N–H and O–H groups in total. The number of rotatable bonds is 17. The summed E-state index contributed by atoms with van der Waals surface area (Å²) in [5.41, 5.74) is -1.64. The number of carbonyl (C=O) groups excluding carboxylic acids is 5. The van der Waals surface area contributed by atoms with Crippen LogP contribution in [0.1, 0.15) is 99.3 Å². The number of unbranched alkanes of at least 4 members (excludes halogenated alkanes) is 1. The van der Waals surface area contributed by atoms with E-state index in [0.717, 1.165) is 25.7 Å². The molecule has 53 heavy (non-hydrogen) atoms. The number of hydrogen-bond acceptors (Lipinski definition) is 7. The van der Waals surface area contributed by atoms with E-state index in [2.05, 4.69) is 27.8 Å². The number of likely N-dealkylation sites (tertiary alicyclic amines) is 1. The molecular weight excluding hydrogens is 697 g/mol. The van der Waals surface area contributed by atoms with Crippen molar-refractivity contribution in [1.82, 2.24) is 30.5 Å². The first-order valence-corrected chi connectivity index (χ1v) is 20.5. The standard InChI is InChI=1S/C39H62N6O7S/c1-9-11-20-30(32(46)35(48)40-24-10-2)41-34(47)31-29(27(3)4)21-25-45(31)36(49)33(38(5,6)7)42-37(50)43-39(22-16-13-17-23-39)26-44(8)53(51,52)28-18-14-12-15-19-28/h10,12,14-15,18-19,27,29-31,33H,2,9,11,13,16-17,20-26H2,1,3-8H3,(H,40,48)(H,41,47)(H2,42,43,50)/t29-,30?,31+,33-/m1/s1. The number of likely N-dealkylation sites (N-methyl/N-ethyl adjacent to an activating group) is 1. The first-order chi connectivity index (χ1) is 24.9. The third-order valence-electron chi connectivity index (χ3n) is 10.5. The van der Waals surface area contributed by atoms with E-state index in [1.165, 1.54) is 22.3 Å². The molecule has 1 saturated heterocycles. The minimum Gasteiger partial charge on any atom is -0.346 e. The number of Topliss-reactive ketones (excluding diaryl/α,β-unsaturated/α-hetero) is 1. The summed E-state index contributed by atoms with van der Waals surface area (Å²) in [5, 5.41) is 11.3. The maximum atomic E-state index is 14.5. The molecule has 1 aliphatic carbocycles. The van der Waals surface area contributed by atoms with Gasteiger partial charge >= 0.3 is 6.03 Å². The second kappa shape index (κ2) is 19.0. The van der Waals surface area contributed by atoms with Crippen LogP contribution >= 0.6 is 0 Å². The smallest absolute Gasteiger partial charge is 0.315 e. The van der Waals surface area contributed by atoms with Gasteiger partial charge in [0.15, 0.2) is 0 Å². The van der Waals surface area contributed by atoms with E-state index < -0.39 is 68.6 Å². The summed E-state index contributed by atoms with van der Waals surface area (Å²) < 4.78 is 28.2. The lowest BCUT2D eigenvalue weighted by atomic mass is 9.81. The van der Waals surface area contributed by atoms with Gasteiger partial charge in [-0.3, -0.25) is 19.2 Å². The molecule has 1 heterocycles. The zero-order chi connectivity index (χ0) is 39.6. The summed E-state index contributed by atoms with van der Waals surface area (Å²) in [4.78, 5) is 70.0. The fourth-order valence-corrected chi connectivity index (χ4v) is 8.78. The van der Waals surface area contributed by atoms with Gasteiger partial charge in [-0.25, -0.2) is 13.2 Å². The average Bonchev–Trinajstić information content (AvgIpc) is 3.57. The molecule has 0 aromatic heterocycles. The van der Waals surface area contributed by atoms with Gasteiger partial charge in [-0.1, -0.05) is 97.9 Å². The highest BCUT2D eigenvalue weighted by Crippen LogP contribution is 2.34. The van der Waals surface area contributed by atoms with Crippen molar-refractivity contribution in [3.05, 3.63) is 43.0 Å². The van der Waals surface area contributed by atoms with Gasteiger partial charge in [-0.05, 0) is 55.1 Å². The number of amides is 5. The number of benzene rings is 1. The van der Waals surface area contributed by atoms with Gasteiger partial charge < -0.3 is 26.2 Å². The number of urea groups is 1. The normalized spacial score (nSPS) is 20.0. The van der Waals surface area contributed by atoms with Crippen molar-refractivity contribution in [3.63, 3.8) is 0 Å². The molecule has 2 fully saturated rings. The molecule has 0 radical (unpaired) electrons. The summed E-state index contributed by atoms with van der Waals surface area (Å²) in [7, 11) is -2.31. The Labute approximate surface area is 316 Å². The zero-order valence-corrected chi connectivity index (χ0v) is 33.5. The average molecular weight is 759 g/mol. The first kappa shape index (κ1) is 43.6. The van der Waals surface area contributed by atoms with Crippen LogP contribution in [0, 0.1) is 17.3 Å². The van der Waals surface area contributed by atoms with Gasteiger partial charge in [0.1, 0.15) is 12.1 Å². The van der Waals surface area contributed by atoms with Gasteiger partial charge in [0.2, 0.25) is 27.6 Å². The summed E-state index contributed by atoms with van der Waals surface area (Å²) >= 11 is 0. The molecule has 3 rings (SSSR count). The van der Waals surface area contributed by atoms with Crippen molar-refractivity contribution in [3.8, 4) is 0 Å². The zero-order valence-electron chi connectivity index (χ0n) is 32.7. The molecule has 1 aliphatic heterocycles. The maximum absolute atomic E-state index is 14.5. The Morgan fingerprint density at radius 2 is 1.68 bits per heavy atom. The molecule has 4 atom stereocenters. The minimum atomic E-state index is -3.82. The fourth-order valence-electron chi connectivity index (χ4n) is 7.50. The highest BCUT2D eigenvalue weighted by atomic mass is 32.2. The number of sulfonamides is 1. The van der Waals surface area contributed by atoms with Crippen LogP contribution in [-0.4, -0.2) is 97.5 Å². The Morgan fingerprint density at radius 3 is 2.25 bits per heavy atom. The van der Waals surface area contributed by atoms with Crippen LogP contribution in [0.25, 0.3) is 0 Å². The molecule has 1 saturated carbocycles. The van der Waals surface area contributed by atoms with Crippen molar-refractivity contribution in [2.75, 3.05) is 26.7 Å². The number of carbonyl (C=O) groups is 5. The number of nitrogens with one attached hydrogen (secondary N) is 4. The maximum Gasteiger partial charge on any atom is 0.315 e. The molecule has 14 heteroatoms. The first-order valence-electron chi connectivity index (χ1n) is 19.0. The van der Waals surface area contributed by atoms with E-state index in [1.54, 1.807) is 30.3 Å². The van der Waals surface area contributed by atoms with E-state index in [9.17, 15) is 32.4 Å². The van der Waals surface area contributed by atoms with E-state index in [-0.39, 0.29) is 42.8 Å². The number of ketones is 1. The van der Waals surface area contributed by atoms with Crippen LogP contribution in [0.3, 0.4) is 0 Å². The quantitative estimate of drug-likeness (QED) is 0.137. The SMILES string of the molecule is C=CCNC(=O)C(=O)C(CCCC)NC(=O)[C@@H]1[C@@H](C(C)C)CCN1C(=O)[C@@H](NC(=O)NC1(CN(C)S(=O)(=O)c2ccccc2)CCCCC1)C(C)(C)C. The van der Waals surface area contributed by atoms with Gasteiger partial charge in [0.05, 0.1) is 16.5 Å². The van der Waals surface area contributed by atoms with Crippen molar-refractivity contribution in [2.45, 2.75) is 128 Å². The Bertz CT molecular complexity index is 1550. The molecule has 296 valence electrons. The van der Waals surface area contributed by atoms with E-state index >= 15 is 0 Å². The fraction of sp³-hybridized carbons (Fsp3) is 0.667. The Hall–Kier alpha value is -3.78. The van der Waals surface area contributed by atoms with Crippen LogP contribution in [0.2, 0.25) is 0 Å². The monoisotopic (exact) mass is 758 g/mol. The number of hydrogen-bond donors (Lipinski definition) is 4. The molecule has 0 bridgehead atoms. The molecular formula is C39H62N6O7S. The molecule has 1 aromatic carbocycles. The van der Waals surface area contributed by atoms with E-state index in [4.69, 9.17) is 0 Å². The summed E-state index contributed by atoms with van der Waals surface area (Å²) in [6, 6.07) is 4.54. The molecule has 2 aliphatic rings. The summed E-state index contributed by atoms with van der Waals surface area (Å²) in [6.45, 7) is 15.4. The molecule has 5 amide bonds. The van der Waals surface area contributed by atoms with Crippen LogP contribution in [-0.2, 0) is 29.2 Å².